The number of hydrogen-bond donors (Lipinski definition) is 1. The minimum atomic E-state index is -3.76. The molecule has 2 aromatic heterocycles. The van der Waals surface area contributed by atoms with Gasteiger partial charge in [0.1, 0.15) is 15.5 Å². The lowest BCUT2D eigenvalue weighted by atomic mass is 10.0. The van der Waals surface area contributed by atoms with E-state index in [1.54, 1.807) is 24.4 Å². The summed E-state index contributed by atoms with van der Waals surface area (Å²) in [5.41, 5.74) is 6.16. The summed E-state index contributed by atoms with van der Waals surface area (Å²) in [6, 6.07) is 9.92. The first-order chi connectivity index (χ1) is 13.9. The Morgan fingerprint density at radius 3 is 2.93 bits per heavy atom. The molecular formula is C19H19N3O5S2. The van der Waals surface area contributed by atoms with Crippen molar-refractivity contribution in [2.24, 2.45) is 5.73 Å². The lowest BCUT2D eigenvalue weighted by molar-refractivity contribution is -0.00189. The molecule has 2 N–H and O–H groups in total. The molecule has 1 amide bonds. The number of rotatable bonds is 5. The molecule has 0 aliphatic carbocycles. The summed E-state index contributed by atoms with van der Waals surface area (Å²) in [7, 11) is -2.28. The van der Waals surface area contributed by atoms with E-state index in [-0.39, 0.29) is 24.6 Å². The molecule has 0 radical (unpaired) electrons. The number of amides is 1. The molecule has 1 atom stereocenters. The molecule has 8 nitrogen and oxygen atoms in total. The number of hydrogen-bond acceptors (Lipinski definition) is 7. The third kappa shape index (κ3) is 3.60. The van der Waals surface area contributed by atoms with Crippen LogP contribution in [0.1, 0.15) is 21.3 Å². The quantitative estimate of drug-likeness (QED) is 0.660. The molecule has 3 heterocycles. The molecule has 1 aliphatic heterocycles. The average molecular weight is 434 g/mol. The standard InChI is InChI=1S/C19H19N3O5S2/c1-26-12-4-2-5-13(10-12)29(24,25)22-8-9-27-15(11-22)16-14-6-3-7-21-19(14)28-17(16)18(20)23/h2-7,10,15H,8-9,11H2,1H3,(H2,20,23)/t15-/m0/s1. The largest absolute Gasteiger partial charge is 0.497 e. The number of methoxy groups -OCH3 is 1. The molecular weight excluding hydrogens is 414 g/mol. The van der Waals surface area contributed by atoms with Crippen molar-refractivity contribution in [2.45, 2.75) is 11.0 Å². The highest BCUT2D eigenvalue weighted by molar-refractivity contribution is 7.89. The zero-order chi connectivity index (χ0) is 20.6. The predicted octanol–water partition coefficient (Wildman–Crippen LogP) is 2.17. The fraction of sp³-hybridized carbons (Fsp3) is 0.263. The molecule has 1 saturated heterocycles. The second-order valence-corrected chi connectivity index (χ2v) is 9.40. The average Bonchev–Trinajstić information content (AvgIpc) is 3.14. The molecule has 10 heteroatoms. The highest BCUT2D eigenvalue weighted by Crippen LogP contribution is 2.38. The van der Waals surface area contributed by atoms with Crippen molar-refractivity contribution in [3.63, 3.8) is 0 Å². The van der Waals surface area contributed by atoms with Gasteiger partial charge in [0.2, 0.25) is 10.0 Å². The van der Waals surface area contributed by atoms with E-state index >= 15 is 0 Å². The van der Waals surface area contributed by atoms with Gasteiger partial charge in [0.15, 0.2) is 0 Å². The molecule has 0 spiro atoms. The van der Waals surface area contributed by atoms with Gasteiger partial charge < -0.3 is 15.2 Å². The SMILES string of the molecule is COc1cccc(S(=O)(=O)N2CCO[C@H](c3c(C(N)=O)sc4ncccc34)C2)c1. The van der Waals surface area contributed by atoms with Crippen molar-refractivity contribution >= 4 is 37.5 Å². The molecule has 4 rings (SSSR count). The molecule has 0 bridgehead atoms. The number of primary amides is 1. The molecule has 1 aromatic carbocycles. The van der Waals surface area contributed by atoms with Crippen LogP contribution >= 0.6 is 11.3 Å². The Labute approximate surface area is 171 Å². The molecule has 1 aliphatic rings. The third-order valence-corrected chi connectivity index (χ3v) is 7.76. The second-order valence-electron chi connectivity index (χ2n) is 6.47. The number of carbonyl (C=O) groups is 1. The van der Waals surface area contributed by atoms with Crippen LogP contribution < -0.4 is 10.5 Å². The number of carbonyl (C=O) groups excluding carboxylic acids is 1. The van der Waals surface area contributed by atoms with E-state index in [1.807, 2.05) is 6.07 Å². The first kappa shape index (κ1) is 19.8. The van der Waals surface area contributed by atoms with Gasteiger partial charge in [-0.05, 0) is 18.2 Å². The van der Waals surface area contributed by atoms with Crippen molar-refractivity contribution in [1.82, 2.24) is 9.29 Å². The van der Waals surface area contributed by atoms with Crippen LogP contribution in [0.3, 0.4) is 0 Å². The smallest absolute Gasteiger partial charge is 0.259 e. The predicted molar refractivity (Wildman–Crippen MR) is 109 cm³/mol. The van der Waals surface area contributed by atoms with Crippen LogP contribution in [0.4, 0.5) is 0 Å². The van der Waals surface area contributed by atoms with Gasteiger partial charge in [0.05, 0.1) is 24.7 Å². The van der Waals surface area contributed by atoms with E-state index in [0.29, 0.717) is 21.0 Å². The van der Waals surface area contributed by atoms with Gasteiger partial charge >= 0.3 is 0 Å². The number of benzene rings is 1. The van der Waals surface area contributed by atoms with E-state index in [0.717, 1.165) is 5.39 Å². The normalized spacial score (nSPS) is 18.0. The van der Waals surface area contributed by atoms with Crippen molar-refractivity contribution in [2.75, 3.05) is 26.8 Å². The number of ether oxygens (including phenoxy) is 2. The van der Waals surface area contributed by atoms with Gasteiger partial charge in [0.25, 0.3) is 5.91 Å². The Morgan fingerprint density at radius 1 is 1.34 bits per heavy atom. The lowest BCUT2D eigenvalue weighted by Gasteiger charge is -2.32. The summed E-state index contributed by atoms with van der Waals surface area (Å²) in [5.74, 6) is -0.124. The minimum absolute atomic E-state index is 0.0700. The third-order valence-electron chi connectivity index (χ3n) is 4.76. The van der Waals surface area contributed by atoms with Crippen LogP contribution in [0.25, 0.3) is 10.2 Å². The molecule has 0 saturated carbocycles. The summed E-state index contributed by atoms with van der Waals surface area (Å²) in [6.45, 7) is 0.479. The van der Waals surface area contributed by atoms with E-state index < -0.39 is 22.0 Å². The fourth-order valence-electron chi connectivity index (χ4n) is 3.38. The van der Waals surface area contributed by atoms with Crippen molar-refractivity contribution in [3.05, 3.63) is 53.0 Å². The summed E-state index contributed by atoms with van der Waals surface area (Å²) in [4.78, 5) is 17.4. The van der Waals surface area contributed by atoms with Gasteiger partial charge in [0, 0.05) is 36.3 Å². The van der Waals surface area contributed by atoms with Gasteiger partial charge in [-0.15, -0.1) is 11.3 Å². The van der Waals surface area contributed by atoms with E-state index in [9.17, 15) is 13.2 Å². The number of sulfonamides is 1. The molecule has 1 fully saturated rings. The van der Waals surface area contributed by atoms with Crippen molar-refractivity contribution < 1.29 is 22.7 Å². The van der Waals surface area contributed by atoms with Gasteiger partial charge in [-0.3, -0.25) is 4.79 Å². The molecule has 0 unspecified atom stereocenters. The number of pyridine rings is 1. The molecule has 29 heavy (non-hydrogen) atoms. The van der Waals surface area contributed by atoms with Crippen LogP contribution in [0, 0.1) is 0 Å². The highest BCUT2D eigenvalue weighted by atomic mass is 32.2. The Kier molecular flexibility index (Phi) is 5.26. The number of nitrogens with zero attached hydrogens (tertiary/aromatic N) is 2. The van der Waals surface area contributed by atoms with Gasteiger partial charge in [-0.2, -0.15) is 4.31 Å². The van der Waals surface area contributed by atoms with Crippen LogP contribution in [0.5, 0.6) is 5.75 Å². The Hall–Kier alpha value is -2.53. The fourth-order valence-corrected chi connectivity index (χ4v) is 5.89. The maximum absolute atomic E-state index is 13.2. The molecule has 3 aromatic rings. The second kappa shape index (κ2) is 7.71. The van der Waals surface area contributed by atoms with Crippen molar-refractivity contribution in [3.8, 4) is 5.75 Å². The van der Waals surface area contributed by atoms with E-state index in [2.05, 4.69) is 4.98 Å². The number of fused-ring (bicyclic) bond motifs is 1. The van der Waals surface area contributed by atoms with Crippen molar-refractivity contribution in [1.29, 1.82) is 0 Å². The number of aromatic nitrogens is 1. The number of nitrogens with two attached hydrogens (primary N) is 1. The zero-order valence-electron chi connectivity index (χ0n) is 15.6. The minimum Gasteiger partial charge on any atom is -0.497 e. The maximum Gasteiger partial charge on any atom is 0.259 e. The van der Waals surface area contributed by atoms with Gasteiger partial charge in [-0.1, -0.05) is 12.1 Å². The summed E-state index contributed by atoms with van der Waals surface area (Å²) < 4.78 is 38.7. The van der Waals surface area contributed by atoms with Crippen LogP contribution in [-0.2, 0) is 14.8 Å². The number of morpholine rings is 1. The van der Waals surface area contributed by atoms with Crippen LogP contribution in [0.15, 0.2) is 47.5 Å². The Bertz CT molecular complexity index is 1180. The zero-order valence-corrected chi connectivity index (χ0v) is 17.2. The van der Waals surface area contributed by atoms with Crippen LogP contribution in [0.2, 0.25) is 0 Å². The van der Waals surface area contributed by atoms with Crippen LogP contribution in [-0.4, -0.2) is 50.4 Å². The maximum atomic E-state index is 13.2. The molecule has 152 valence electrons. The summed E-state index contributed by atoms with van der Waals surface area (Å²) in [5, 5.41) is 0.747. The number of thiophene rings is 1. The first-order valence-corrected chi connectivity index (χ1v) is 11.1. The Morgan fingerprint density at radius 2 is 2.17 bits per heavy atom. The topological polar surface area (TPSA) is 112 Å². The van der Waals surface area contributed by atoms with E-state index in [4.69, 9.17) is 15.2 Å². The monoisotopic (exact) mass is 433 g/mol. The van der Waals surface area contributed by atoms with Gasteiger partial charge in [-0.25, -0.2) is 13.4 Å². The first-order valence-electron chi connectivity index (χ1n) is 8.85. The summed E-state index contributed by atoms with van der Waals surface area (Å²) in [6.07, 6.45) is 1.01. The highest BCUT2D eigenvalue weighted by Gasteiger charge is 2.35. The summed E-state index contributed by atoms with van der Waals surface area (Å²) >= 11 is 1.19. The Balaban J connectivity index is 1.71. The lowest BCUT2D eigenvalue weighted by Crippen LogP contribution is -2.42. The van der Waals surface area contributed by atoms with E-state index in [1.165, 1.54) is 34.9 Å².